The van der Waals surface area contributed by atoms with E-state index in [1.807, 2.05) is 12.2 Å². The molecule has 0 aromatic rings. The van der Waals surface area contributed by atoms with Gasteiger partial charge < -0.3 is 9.53 Å². The second-order valence-electron chi connectivity index (χ2n) is 9.48. The van der Waals surface area contributed by atoms with Gasteiger partial charge in [0.15, 0.2) is 8.32 Å². The molecule has 0 amide bonds. The van der Waals surface area contributed by atoms with E-state index in [1.165, 1.54) is 12.8 Å². The summed E-state index contributed by atoms with van der Waals surface area (Å²) in [6.45, 7) is 18.9. The zero-order valence-electron chi connectivity index (χ0n) is 16.7. The van der Waals surface area contributed by atoms with Gasteiger partial charge in [-0.2, -0.15) is 0 Å². The molecule has 23 heavy (non-hydrogen) atoms. The first-order chi connectivity index (χ1) is 10.5. The Bertz CT molecular complexity index is 382. The topological polar surface area (TPSA) is 29.5 Å². The van der Waals surface area contributed by atoms with E-state index in [9.17, 15) is 5.11 Å². The summed E-state index contributed by atoms with van der Waals surface area (Å²) >= 11 is 0. The van der Waals surface area contributed by atoms with E-state index >= 15 is 0 Å². The van der Waals surface area contributed by atoms with Crippen molar-refractivity contribution < 1.29 is 9.53 Å². The molecule has 1 N–H and O–H groups in total. The van der Waals surface area contributed by atoms with Crippen molar-refractivity contribution in [2.45, 2.75) is 85.0 Å². The number of aliphatic hydroxyl groups is 1. The summed E-state index contributed by atoms with van der Waals surface area (Å²) in [7, 11) is -1.69. The highest BCUT2D eigenvalue weighted by atomic mass is 28.4. The largest absolute Gasteiger partial charge is 0.413 e. The fourth-order valence-corrected chi connectivity index (χ4v) is 4.43. The maximum Gasteiger partial charge on any atom is 0.192 e. The smallest absolute Gasteiger partial charge is 0.192 e. The van der Waals surface area contributed by atoms with Gasteiger partial charge >= 0.3 is 0 Å². The highest BCUT2D eigenvalue weighted by molar-refractivity contribution is 6.74. The van der Waals surface area contributed by atoms with Crippen LogP contribution >= 0.6 is 0 Å². The predicted molar refractivity (Wildman–Crippen MR) is 103 cm³/mol. The van der Waals surface area contributed by atoms with Crippen LogP contribution in [0.1, 0.15) is 60.8 Å². The molecule has 0 aliphatic heterocycles. The Balaban J connectivity index is 2.58. The van der Waals surface area contributed by atoms with Crippen LogP contribution in [0.15, 0.2) is 12.2 Å². The second-order valence-corrected chi connectivity index (χ2v) is 14.3. The quantitative estimate of drug-likeness (QED) is 0.501. The molecule has 0 aromatic carbocycles. The molecule has 0 saturated heterocycles. The maximum atomic E-state index is 10.7. The maximum absolute atomic E-state index is 10.7. The number of aliphatic hydroxyl groups excluding tert-OH is 1. The summed E-state index contributed by atoms with van der Waals surface area (Å²) in [5, 5.41) is 10.9. The van der Waals surface area contributed by atoms with Crippen LogP contribution < -0.4 is 0 Å². The lowest BCUT2D eigenvalue weighted by Gasteiger charge is -2.39. The normalized spacial score (nSPS) is 28.5. The lowest BCUT2D eigenvalue weighted by molar-refractivity contribution is 0.0424. The van der Waals surface area contributed by atoms with Gasteiger partial charge in [-0.25, -0.2) is 0 Å². The van der Waals surface area contributed by atoms with Gasteiger partial charge in [0.05, 0.1) is 12.7 Å². The minimum absolute atomic E-state index is 0.237. The first kappa shape index (κ1) is 20.9. The molecular formula is C20H40O2Si. The molecule has 136 valence electrons. The highest BCUT2D eigenvalue weighted by Crippen LogP contribution is 2.40. The van der Waals surface area contributed by atoms with Gasteiger partial charge in [0.2, 0.25) is 0 Å². The minimum atomic E-state index is -1.69. The molecule has 0 unspecified atom stereocenters. The third-order valence-electron chi connectivity index (χ3n) is 6.19. The lowest BCUT2D eigenvalue weighted by atomic mass is 9.68. The van der Waals surface area contributed by atoms with E-state index in [0.717, 1.165) is 12.3 Å². The van der Waals surface area contributed by atoms with Crippen LogP contribution in [0.4, 0.5) is 0 Å². The Kier molecular flexibility index (Phi) is 7.56. The van der Waals surface area contributed by atoms with E-state index in [2.05, 4.69) is 54.6 Å². The van der Waals surface area contributed by atoms with Gasteiger partial charge in [0.1, 0.15) is 0 Å². The molecule has 1 aliphatic rings. The number of hydrogen-bond donors (Lipinski definition) is 1. The average molecular weight is 341 g/mol. The molecular weight excluding hydrogens is 300 g/mol. The van der Waals surface area contributed by atoms with E-state index in [1.54, 1.807) is 0 Å². The monoisotopic (exact) mass is 340 g/mol. The van der Waals surface area contributed by atoms with E-state index < -0.39 is 8.32 Å². The first-order valence-corrected chi connectivity index (χ1v) is 12.3. The third kappa shape index (κ3) is 6.02. The molecule has 1 saturated carbocycles. The highest BCUT2D eigenvalue weighted by Gasteiger charge is 2.37. The van der Waals surface area contributed by atoms with Gasteiger partial charge in [-0.3, -0.25) is 0 Å². The summed E-state index contributed by atoms with van der Waals surface area (Å²) in [5.41, 5.74) is 0. The molecule has 0 spiro atoms. The van der Waals surface area contributed by atoms with Crippen molar-refractivity contribution in [1.82, 2.24) is 0 Å². The van der Waals surface area contributed by atoms with Crippen LogP contribution in [0.5, 0.6) is 0 Å². The average Bonchev–Trinajstić information content (AvgIpc) is 2.41. The summed E-state index contributed by atoms with van der Waals surface area (Å²) in [5.74, 6) is 2.44. The van der Waals surface area contributed by atoms with Gasteiger partial charge in [0, 0.05) is 0 Å². The molecule has 2 nitrogen and oxygen atoms in total. The van der Waals surface area contributed by atoms with E-state index in [0.29, 0.717) is 24.4 Å². The lowest BCUT2D eigenvalue weighted by Crippen LogP contribution is -2.40. The fourth-order valence-electron chi connectivity index (χ4n) is 3.48. The molecule has 4 atom stereocenters. The SMILES string of the molecule is CC(C)[C@@H]1CC[C@@H](C)C[C@H]1[C@H](O)/C=C/CO[Si](C)(C)C(C)(C)C. The van der Waals surface area contributed by atoms with Crippen molar-refractivity contribution in [3.05, 3.63) is 12.2 Å². The van der Waals surface area contributed by atoms with Crippen molar-refractivity contribution in [3.8, 4) is 0 Å². The standard InChI is InChI=1S/C20H40O2Si/c1-15(2)17-12-11-16(3)14-18(17)19(21)10-9-13-22-23(7,8)20(4,5)6/h9-10,15-19,21H,11-14H2,1-8H3/b10-9+/t16-,17+,18-,19-/m1/s1. The summed E-state index contributed by atoms with van der Waals surface area (Å²) < 4.78 is 6.17. The molecule has 1 aliphatic carbocycles. The van der Waals surface area contributed by atoms with Crippen molar-refractivity contribution in [2.24, 2.45) is 23.7 Å². The van der Waals surface area contributed by atoms with Crippen LogP contribution in [-0.4, -0.2) is 26.1 Å². The van der Waals surface area contributed by atoms with Crippen molar-refractivity contribution in [2.75, 3.05) is 6.61 Å². The van der Waals surface area contributed by atoms with Gasteiger partial charge in [-0.15, -0.1) is 0 Å². The summed E-state index contributed by atoms with van der Waals surface area (Å²) in [4.78, 5) is 0. The molecule has 0 aromatic heterocycles. The molecule has 0 heterocycles. The van der Waals surface area contributed by atoms with Crippen LogP contribution in [0.2, 0.25) is 18.1 Å². The fraction of sp³-hybridized carbons (Fsp3) is 0.900. The van der Waals surface area contributed by atoms with Crippen LogP contribution in [0.25, 0.3) is 0 Å². The Morgan fingerprint density at radius 1 is 1.17 bits per heavy atom. The van der Waals surface area contributed by atoms with Crippen LogP contribution in [0.3, 0.4) is 0 Å². The van der Waals surface area contributed by atoms with Gasteiger partial charge in [-0.1, -0.05) is 60.1 Å². The molecule has 1 fully saturated rings. The van der Waals surface area contributed by atoms with E-state index in [-0.39, 0.29) is 11.1 Å². The Labute approximate surface area is 145 Å². The summed E-state index contributed by atoms with van der Waals surface area (Å²) in [6.07, 6.45) is 7.43. The van der Waals surface area contributed by atoms with Crippen molar-refractivity contribution in [3.63, 3.8) is 0 Å². The third-order valence-corrected chi connectivity index (χ3v) is 10.7. The first-order valence-electron chi connectivity index (χ1n) is 9.44. The zero-order chi connectivity index (χ0) is 17.8. The second kappa shape index (κ2) is 8.31. The Morgan fingerprint density at radius 3 is 2.30 bits per heavy atom. The Hall–Kier alpha value is -0.123. The Morgan fingerprint density at radius 2 is 1.78 bits per heavy atom. The van der Waals surface area contributed by atoms with Crippen LogP contribution in [-0.2, 0) is 4.43 Å². The van der Waals surface area contributed by atoms with Crippen molar-refractivity contribution >= 4 is 8.32 Å². The number of rotatable bonds is 6. The molecule has 1 rings (SSSR count). The predicted octanol–water partition coefficient (Wildman–Crippen LogP) is 5.63. The van der Waals surface area contributed by atoms with Gasteiger partial charge in [-0.05, 0) is 54.6 Å². The molecule has 3 heteroatoms. The van der Waals surface area contributed by atoms with Gasteiger partial charge in [0.25, 0.3) is 0 Å². The molecule has 0 bridgehead atoms. The minimum Gasteiger partial charge on any atom is -0.413 e. The van der Waals surface area contributed by atoms with Crippen LogP contribution in [0, 0.1) is 23.7 Å². The van der Waals surface area contributed by atoms with E-state index in [4.69, 9.17) is 4.43 Å². The molecule has 0 radical (unpaired) electrons. The summed E-state index contributed by atoms with van der Waals surface area (Å²) in [6, 6.07) is 0. The zero-order valence-corrected chi connectivity index (χ0v) is 17.7. The van der Waals surface area contributed by atoms with Crippen molar-refractivity contribution in [1.29, 1.82) is 0 Å². The number of hydrogen-bond acceptors (Lipinski definition) is 2.